The molecule has 1 N–H and O–H groups in total. The number of nitrogens with zero attached hydrogens (tertiary/aromatic N) is 1. The summed E-state index contributed by atoms with van der Waals surface area (Å²) < 4.78 is 13.4. The average Bonchev–Trinajstić information content (AvgIpc) is 2.98. The van der Waals surface area contributed by atoms with Crippen LogP contribution in [0.4, 0.5) is 4.39 Å². The number of nitrogens with one attached hydrogen (secondary N) is 1. The fraction of sp³-hybridized carbons (Fsp3) is 0.222. The van der Waals surface area contributed by atoms with Gasteiger partial charge in [0.2, 0.25) is 0 Å². The molecule has 1 unspecified atom stereocenters. The number of carbonyl (C=O) groups is 1. The normalized spacial score (nSPS) is 12.3. The summed E-state index contributed by atoms with van der Waals surface area (Å²) in [5, 5.41) is 5.71. The average molecular weight is 328 g/mol. The van der Waals surface area contributed by atoms with Crippen LogP contribution in [-0.4, -0.2) is 16.9 Å². The summed E-state index contributed by atoms with van der Waals surface area (Å²) in [4.78, 5) is 18.1. The summed E-state index contributed by atoms with van der Waals surface area (Å²) in [6.07, 6.45) is 0.792. The number of amides is 1. The molecular formula is C18H17FN2OS. The number of benzene rings is 1. The molecule has 3 nitrogen and oxygen atoms in total. The Bertz CT molecular complexity index is 840. The molecule has 5 heteroatoms. The van der Waals surface area contributed by atoms with Crippen LogP contribution in [0.1, 0.15) is 27.9 Å². The number of fused-ring (bicyclic) bond motifs is 1. The molecule has 23 heavy (non-hydrogen) atoms. The first kappa shape index (κ1) is 15.6. The number of carbonyl (C=O) groups excluding carboxylic acids is 1. The molecule has 2 heterocycles. The van der Waals surface area contributed by atoms with Crippen molar-refractivity contribution in [2.45, 2.75) is 26.3 Å². The van der Waals surface area contributed by atoms with Gasteiger partial charge in [-0.3, -0.25) is 9.78 Å². The van der Waals surface area contributed by atoms with Crippen LogP contribution in [0.2, 0.25) is 0 Å². The van der Waals surface area contributed by atoms with Crippen LogP contribution in [0.5, 0.6) is 0 Å². The van der Waals surface area contributed by atoms with Crippen LogP contribution < -0.4 is 5.32 Å². The zero-order chi connectivity index (χ0) is 16.4. The third-order valence-electron chi connectivity index (χ3n) is 3.61. The summed E-state index contributed by atoms with van der Waals surface area (Å²) >= 11 is 1.68. The highest BCUT2D eigenvalue weighted by Gasteiger charge is 2.15. The summed E-state index contributed by atoms with van der Waals surface area (Å²) in [6, 6.07) is 10.1. The molecule has 0 bridgehead atoms. The van der Waals surface area contributed by atoms with E-state index in [-0.39, 0.29) is 17.8 Å². The van der Waals surface area contributed by atoms with Gasteiger partial charge >= 0.3 is 0 Å². The van der Waals surface area contributed by atoms with Gasteiger partial charge in [-0.15, -0.1) is 11.3 Å². The lowest BCUT2D eigenvalue weighted by atomic mass is 10.1. The second kappa shape index (κ2) is 6.46. The number of halogens is 1. The van der Waals surface area contributed by atoms with E-state index in [0.717, 1.165) is 6.42 Å². The first-order valence-corrected chi connectivity index (χ1v) is 8.31. The van der Waals surface area contributed by atoms with E-state index in [4.69, 9.17) is 0 Å². The quantitative estimate of drug-likeness (QED) is 0.783. The van der Waals surface area contributed by atoms with E-state index in [0.29, 0.717) is 22.2 Å². The predicted molar refractivity (Wildman–Crippen MR) is 91.4 cm³/mol. The Morgan fingerprint density at radius 1 is 1.35 bits per heavy atom. The van der Waals surface area contributed by atoms with Crippen molar-refractivity contribution in [1.82, 2.24) is 10.3 Å². The van der Waals surface area contributed by atoms with Crippen molar-refractivity contribution in [2.24, 2.45) is 0 Å². The molecule has 3 rings (SSSR count). The van der Waals surface area contributed by atoms with Gasteiger partial charge < -0.3 is 5.32 Å². The van der Waals surface area contributed by atoms with Gasteiger partial charge in [0.25, 0.3) is 5.91 Å². The fourth-order valence-corrected chi connectivity index (χ4v) is 3.44. The van der Waals surface area contributed by atoms with Gasteiger partial charge in [0.1, 0.15) is 5.82 Å². The molecule has 1 amide bonds. The smallest absolute Gasteiger partial charge is 0.252 e. The summed E-state index contributed by atoms with van der Waals surface area (Å²) in [5.41, 5.74) is 1.73. The predicted octanol–water partition coefficient (Wildman–Crippen LogP) is 4.10. The highest BCUT2D eigenvalue weighted by atomic mass is 32.1. The summed E-state index contributed by atoms with van der Waals surface area (Å²) in [6.45, 7) is 3.78. The lowest BCUT2D eigenvalue weighted by molar-refractivity contribution is 0.0941. The van der Waals surface area contributed by atoms with Crippen LogP contribution in [0.15, 0.2) is 41.8 Å². The molecule has 0 aliphatic heterocycles. The summed E-state index contributed by atoms with van der Waals surface area (Å²) in [5.74, 6) is -0.510. The lowest BCUT2D eigenvalue weighted by Gasteiger charge is -2.14. The van der Waals surface area contributed by atoms with Crippen molar-refractivity contribution in [3.63, 3.8) is 0 Å². The largest absolute Gasteiger partial charge is 0.349 e. The monoisotopic (exact) mass is 328 g/mol. The molecule has 0 spiro atoms. The number of hydrogen-bond donors (Lipinski definition) is 1. The maximum Gasteiger partial charge on any atom is 0.252 e. The molecule has 0 fully saturated rings. The Morgan fingerprint density at radius 3 is 2.91 bits per heavy atom. The molecule has 118 valence electrons. The van der Waals surface area contributed by atoms with E-state index in [1.807, 2.05) is 18.4 Å². The molecule has 2 aromatic heterocycles. The van der Waals surface area contributed by atoms with E-state index in [1.54, 1.807) is 30.4 Å². The van der Waals surface area contributed by atoms with Crippen LogP contribution in [0.25, 0.3) is 10.9 Å². The number of thiophene rings is 1. The highest BCUT2D eigenvalue weighted by molar-refractivity contribution is 7.09. The van der Waals surface area contributed by atoms with Gasteiger partial charge in [0, 0.05) is 34.5 Å². The minimum atomic E-state index is -0.354. The van der Waals surface area contributed by atoms with E-state index < -0.39 is 0 Å². The maximum atomic E-state index is 13.4. The number of pyridine rings is 1. The Hall–Kier alpha value is -2.27. The topological polar surface area (TPSA) is 42.0 Å². The van der Waals surface area contributed by atoms with Crippen LogP contribution in [0, 0.1) is 12.7 Å². The molecule has 3 aromatic rings. The van der Waals surface area contributed by atoms with Gasteiger partial charge in [-0.25, -0.2) is 4.39 Å². The molecule has 1 aromatic carbocycles. The fourth-order valence-electron chi connectivity index (χ4n) is 2.60. The number of aromatic nitrogens is 1. The lowest BCUT2D eigenvalue weighted by Crippen LogP contribution is -2.34. The van der Waals surface area contributed by atoms with Crippen molar-refractivity contribution in [1.29, 1.82) is 0 Å². The van der Waals surface area contributed by atoms with Crippen LogP contribution in [0.3, 0.4) is 0 Å². The van der Waals surface area contributed by atoms with Crippen LogP contribution >= 0.6 is 11.3 Å². The van der Waals surface area contributed by atoms with Crippen molar-refractivity contribution >= 4 is 28.1 Å². The second-order valence-electron chi connectivity index (χ2n) is 5.63. The van der Waals surface area contributed by atoms with Crippen molar-refractivity contribution in [3.05, 3.63) is 63.7 Å². The number of hydrogen-bond acceptors (Lipinski definition) is 3. The molecule has 0 saturated heterocycles. The third kappa shape index (κ3) is 3.56. The molecule has 0 saturated carbocycles. The molecule has 0 aliphatic carbocycles. The first-order chi connectivity index (χ1) is 11.0. The Balaban J connectivity index is 1.85. The maximum absolute atomic E-state index is 13.4. The Morgan fingerprint density at radius 2 is 2.17 bits per heavy atom. The SMILES string of the molecule is Cc1cc(C(=O)NC(C)Cc2cccs2)c2ccc(F)cc2n1. The van der Waals surface area contributed by atoms with Gasteiger partial charge in [0.15, 0.2) is 0 Å². The van der Waals surface area contributed by atoms with E-state index in [2.05, 4.69) is 16.4 Å². The van der Waals surface area contributed by atoms with Crippen molar-refractivity contribution < 1.29 is 9.18 Å². The first-order valence-electron chi connectivity index (χ1n) is 7.43. The van der Waals surface area contributed by atoms with E-state index in [9.17, 15) is 9.18 Å². The zero-order valence-corrected chi connectivity index (χ0v) is 13.8. The number of aryl methyl sites for hydroxylation is 1. The zero-order valence-electron chi connectivity index (χ0n) is 13.0. The standard InChI is InChI=1S/C18H17FN2OS/c1-11(8-14-4-3-7-23-14)21-18(22)16-9-12(2)20-17-10-13(19)5-6-15(16)17/h3-7,9-11H,8H2,1-2H3,(H,21,22). The third-order valence-corrected chi connectivity index (χ3v) is 4.51. The van der Waals surface area contributed by atoms with Gasteiger partial charge in [0.05, 0.1) is 11.1 Å². The molecule has 0 aliphatic rings. The number of rotatable bonds is 4. The van der Waals surface area contributed by atoms with E-state index >= 15 is 0 Å². The highest BCUT2D eigenvalue weighted by Crippen LogP contribution is 2.20. The van der Waals surface area contributed by atoms with Gasteiger partial charge in [-0.2, -0.15) is 0 Å². The molecule has 0 radical (unpaired) electrons. The Labute approximate surface area is 138 Å². The van der Waals surface area contributed by atoms with Gasteiger partial charge in [-0.05, 0) is 43.5 Å². The summed E-state index contributed by atoms with van der Waals surface area (Å²) in [7, 11) is 0. The second-order valence-corrected chi connectivity index (χ2v) is 6.66. The van der Waals surface area contributed by atoms with E-state index in [1.165, 1.54) is 17.0 Å². The molecular weight excluding hydrogens is 311 g/mol. The van der Waals surface area contributed by atoms with Gasteiger partial charge in [-0.1, -0.05) is 6.07 Å². The van der Waals surface area contributed by atoms with Crippen LogP contribution in [-0.2, 0) is 6.42 Å². The minimum Gasteiger partial charge on any atom is -0.349 e. The molecule has 1 atom stereocenters. The minimum absolute atomic E-state index is 0.0186. The Kier molecular flexibility index (Phi) is 4.39. The van der Waals surface area contributed by atoms with Crippen molar-refractivity contribution in [3.8, 4) is 0 Å². The van der Waals surface area contributed by atoms with Crippen molar-refractivity contribution in [2.75, 3.05) is 0 Å².